The van der Waals surface area contributed by atoms with E-state index in [2.05, 4.69) is 24.1 Å². The molecular weight excluding hydrogens is 258 g/mol. The Bertz CT molecular complexity index is 326. The van der Waals surface area contributed by atoms with Crippen molar-refractivity contribution in [2.75, 3.05) is 32.7 Å². The predicted molar refractivity (Wildman–Crippen MR) is 77.7 cm³/mol. The summed E-state index contributed by atoms with van der Waals surface area (Å²) in [6.45, 7) is 10.2. The summed E-state index contributed by atoms with van der Waals surface area (Å²) in [5.74, 6) is -0.597. The Balaban J connectivity index is 2.22. The fourth-order valence-electron chi connectivity index (χ4n) is 2.29. The van der Waals surface area contributed by atoms with E-state index >= 15 is 0 Å². The van der Waals surface area contributed by atoms with Gasteiger partial charge in [-0.1, -0.05) is 6.92 Å². The van der Waals surface area contributed by atoms with Crippen LogP contribution in [0.25, 0.3) is 0 Å². The molecule has 1 rings (SSSR count). The molecule has 116 valence electrons. The first-order valence-corrected chi connectivity index (χ1v) is 7.38. The number of carbonyl (C=O) groups excluding carboxylic acids is 1. The Hall–Kier alpha value is -1.30. The van der Waals surface area contributed by atoms with Crippen molar-refractivity contribution in [1.82, 2.24) is 15.1 Å². The molecule has 1 fully saturated rings. The van der Waals surface area contributed by atoms with Crippen molar-refractivity contribution in [2.45, 2.75) is 39.7 Å². The monoisotopic (exact) mass is 285 g/mol. The maximum Gasteiger partial charge on any atom is 0.317 e. The number of carboxylic acid groups (broad SMARTS) is 1. The first-order valence-electron chi connectivity index (χ1n) is 7.38. The topological polar surface area (TPSA) is 72.9 Å². The van der Waals surface area contributed by atoms with E-state index in [-0.39, 0.29) is 18.4 Å². The molecule has 1 unspecified atom stereocenters. The van der Waals surface area contributed by atoms with Gasteiger partial charge in [0.25, 0.3) is 0 Å². The number of rotatable bonds is 6. The number of urea groups is 1. The largest absolute Gasteiger partial charge is 0.481 e. The lowest BCUT2D eigenvalue weighted by Gasteiger charge is -2.37. The highest BCUT2D eigenvalue weighted by molar-refractivity contribution is 5.74. The molecule has 0 spiro atoms. The van der Waals surface area contributed by atoms with Crippen LogP contribution in [0.5, 0.6) is 0 Å². The Morgan fingerprint density at radius 3 is 2.25 bits per heavy atom. The lowest BCUT2D eigenvalue weighted by atomic mass is 10.1. The SMILES string of the molecule is CC(CCC(=O)O)CNC(=O)N1CCN(C(C)C)CC1. The molecule has 0 aromatic carbocycles. The molecule has 0 bridgehead atoms. The van der Waals surface area contributed by atoms with Crippen LogP contribution in [0.1, 0.15) is 33.6 Å². The van der Waals surface area contributed by atoms with Crippen LogP contribution in [-0.4, -0.2) is 65.7 Å². The molecule has 2 amide bonds. The normalized spacial score (nSPS) is 18.1. The molecule has 1 atom stereocenters. The van der Waals surface area contributed by atoms with Gasteiger partial charge in [-0.05, 0) is 26.2 Å². The number of hydrogen-bond acceptors (Lipinski definition) is 3. The number of nitrogens with one attached hydrogen (secondary N) is 1. The summed E-state index contributed by atoms with van der Waals surface area (Å²) in [5, 5.41) is 11.5. The molecule has 1 aliphatic heterocycles. The number of hydrogen-bond donors (Lipinski definition) is 2. The second kappa shape index (κ2) is 8.09. The first kappa shape index (κ1) is 16.8. The fraction of sp³-hybridized carbons (Fsp3) is 0.857. The Morgan fingerprint density at radius 1 is 1.15 bits per heavy atom. The van der Waals surface area contributed by atoms with E-state index in [1.54, 1.807) is 0 Å². The highest BCUT2D eigenvalue weighted by atomic mass is 16.4. The lowest BCUT2D eigenvalue weighted by molar-refractivity contribution is -0.137. The molecule has 20 heavy (non-hydrogen) atoms. The number of carboxylic acids is 1. The van der Waals surface area contributed by atoms with E-state index in [0.717, 1.165) is 26.2 Å². The van der Waals surface area contributed by atoms with Crippen molar-refractivity contribution in [1.29, 1.82) is 0 Å². The van der Waals surface area contributed by atoms with Crippen LogP contribution in [0, 0.1) is 5.92 Å². The number of aliphatic carboxylic acids is 1. The number of carbonyl (C=O) groups is 2. The van der Waals surface area contributed by atoms with Crippen LogP contribution in [0.2, 0.25) is 0 Å². The Labute approximate surface area is 121 Å². The van der Waals surface area contributed by atoms with Crippen LogP contribution in [-0.2, 0) is 4.79 Å². The average molecular weight is 285 g/mol. The molecule has 2 N–H and O–H groups in total. The molecule has 0 aromatic rings. The molecule has 1 saturated heterocycles. The van der Waals surface area contributed by atoms with Gasteiger partial charge in [0.1, 0.15) is 0 Å². The van der Waals surface area contributed by atoms with Crippen molar-refractivity contribution >= 4 is 12.0 Å². The molecule has 1 aliphatic rings. The van der Waals surface area contributed by atoms with E-state index in [1.807, 2.05) is 11.8 Å². The second-order valence-electron chi connectivity index (χ2n) is 5.84. The quantitative estimate of drug-likeness (QED) is 0.769. The third kappa shape index (κ3) is 5.77. The summed E-state index contributed by atoms with van der Waals surface area (Å²) in [7, 11) is 0. The molecule has 6 heteroatoms. The van der Waals surface area contributed by atoms with Crippen LogP contribution in [0.3, 0.4) is 0 Å². The van der Waals surface area contributed by atoms with E-state index < -0.39 is 5.97 Å². The number of piperazine rings is 1. The van der Waals surface area contributed by atoms with Gasteiger partial charge in [-0.25, -0.2) is 4.79 Å². The summed E-state index contributed by atoms with van der Waals surface area (Å²) in [4.78, 5) is 26.7. The zero-order chi connectivity index (χ0) is 15.1. The van der Waals surface area contributed by atoms with Crippen molar-refractivity contribution in [3.8, 4) is 0 Å². The highest BCUT2D eigenvalue weighted by Crippen LogP contribution is 2.07. The van der Waals surface area contributed by atoms with Gasteiger partial charge in [-0.15, -0.1) is 0 Å². The van der Waals surface area contributed by atoms with Crippen LogP contribution < -0.4 is 5.32 Å². The molecule has 6 nitrogen and oxygen atoms in total. The zero-order valence-corrected chi connectivity index (χ0v) is 12.8. The zero-order valence-electron chi connectivity index (χ0n) is 12.8. The third-order valence-corrected chi connectivity index (χ3v) is 3.78. The van der Waals surface area contributed by atoms with Crippen LogP contribution in [0.15, 0.2) is 0 Å². The van der Waals surface area contributed by atoms with Crippen LogP contribution in [0.4, 0.5) is 4.79 Å². The van der Waals surface area contributed by atoms with Gasteiger partial charge in [0.05, 0.1) is 0 Å². The molecular formula is C14H27N3O3. The Kier molecular flexibility index (Phi) is 6.78. The minimum atomic E-state index is -0.784. The second-order valence-corrected chi connectivity index (χ2v) is 5.84. The van der Waals surface area contributed by atoms with Gasteiger partial charge in [-0.3, -0.25) is 9.69 Å². The maximum atomic E-state index is 12.0. The van der Waals surface area contributed by atoms with E-state index in [0.29, 0.717) is 19.0 Å². The minimum Gasteiger partial charge on any atom is -0.481 e. The third-order valence-electron chi connectivity index (χ3n) is 3.78. The van der Waals surface area contributed by atoms with Crippen molar-refractivity contribution in [2.24, 2.45) is 5.92 Å². The number of amides is 2. The van der Waals surface area contributed by atoms with E-state index in [4.69, 9.17) is 5.11 Å². The Morgan fingerprint density at radius 2 is 1.75 bits per heavy atom. The van der Waals surface area contributed by atoms with Crippen molar-refractivity contribution in [3.05, 3.63) is 0 Å². The summed E-state index contributed by atoms with van der Waals surface area (Å²) in [6.07, 6.45) is 0.751. The van der Waals surface area contributed by atoms with Gasteiger partial charge in [0.2, 0.25) is 0 Å². The first-order chi connectivity index (χ1) is 9.40. The van der Waals surface area contributed by atoms with E-state index in [9.17, 15) is 9.59 Å². The van der Waals surface area contributed by atoms with Gasteiger partial charge >= 0.3 is 12.0 Å². The average Bonchev–Trinajstić information content (AvgIpc) is 2.42. The van der Waals surface area contributed by atoms with Crippen molar-refractivity contribution in [3.63, 3.8) is 0 Å². The summed E-state index contributed by atoms with van der Waals surface area (Å²) in [5.41, 5.74) is 0. The smallest absolute Gasteiger partial charge is 0.317 e. The van der Waals surface area contributed by atoms with Crippen LogP contribution >= 0.6 is 0 Å². The van der Waals surface area contributed by atoms with Gasteiger partial charge < -0.3 is 15.3 Å². The molecule has 1 heterocycles. The lowest BCUT2D eigenvalue weighted by Crippen LogP contribution is -2.53. The summed E-state index contributed by atoms with van der Waals surface area (Å²) < 4.78 is 0. The molecule has 0 aliphatic carbocycles. The predicted octanol–water partition coefficient (Wildman–Crippen LogP) is 1.22. The van der Waals surface area contributed by atoms with Gasteiger partial charge in [-0.2, -0.15) is 0 Å². The maximum absolute atomic E-state index is 12.0. The summed E-state index contributed by atoms with van der Waals surface area (Å²) in [6, 6.07) is 0.492. The van der Waals surface area contributed by atoms with Gasteiger partial charge in [0.15, 0.2) is 0 Å². The summed E-state index contributed by atoms with van der Waals surface area (Å²) >= 11 is 0. The minimum absolute atomic E-state index is 0.0319. The fourth-order valence-corrected chi connectivity index (χ4v) is 2.29. The standard InChI is InChI=1S/C14H27N3O3/c1-11(2)16-6-8-17(9-7-16)14(20)15-10-12(3)4-5-13(18)19/h11-12H,4-10H2,1-3H3,(H,15,20)(H,18,19). The molecule has 0 aromatic heterocycles. The highest BCUT2D eigenvalue weighted by Gasteiger charge is 2.22. The molecule has 0 radical (unpaired) electrons. The van der Waals surface area contributed by atoms with Crippen molar-refractivity contribution < 1.29 is 14.7 Å². The van der Waals surface area contributed by atoms with E-state index in [1.165, 1.54) is 0 Å². The van der Waals surface area contributed by atoms with Gasteiger partial charge in [0, 0.05) is 45.2 Å². The number of nitrogens with zero attached hydrogens (tertiary/aromatic N) is 2. The molecule has 0 saturated carbocycles.